The van der Waals surface area contributed by atoms with E-state index >= 15 is 0 Å². The van der Waals surface area contributed by atoms with Gasteiger partial charge in [0.2, 0.25) is 5.95 Å². The van der Waals surface area contributed by atoms with Crippen molar-refractivity contribution >= 4 is 34.3 Å². The van der Waals surface area contributed by atoms with Crippen LogP contribution in [-0.4, -0.2) is 15.3 Å². The molecular formula is C22H16ClN3. The fourth-order valence-corrected chi connectivity index (χ4v) is 3.75. The molecule has 0 saturated carbocycles. The molecule has 5 rings (SSSR count). The lowest BCUT2D eigenvalue weighted by atomic mass is 9.95. The summed E-state index contributed by atoms with van der Waals surface area (Å²) in [5.74, 6) is 0.760. The fraction of sp³-hybridized carbons (Fsp3) is 0.0909. The highest BCUT2D eigenvalue weighted by molar-refractivity contribution is 6.30. The molecule has 4 heteroatoms. The second-order valence-corrected chi connectivity index (χ2v) is 6.90. The number of aromatic nitrogens is 2. The van der Waals surface area contributed by atoms with Crippen LogP contribution in [0.3, 0.4) is 0 Å². The maximum Gasteiger partial charge on any atom is 0.231 e. The third kappa shape index (κ3) is 2.52. The molecule has 0 spiro atoms. The first kappa shape index (κ1) is 15.4. The largest absolute Gasteiger partial charge is 0.300 e. The quantitative estimate of drug-likeness (QED) is 0.445. The van der Waals surface area contributed by atoms with Crippen LogP contribution in [0.5, 0.6) is 0 Å². The number of para-hydroxylation sites is 2. The maximum absolute atomic E-state index is 6.11. The minimum atomic E-state index is 0.141. The lowest BCUT2D eigenvalue weighted by molar-refractivity contribution is 0.612. The van der Waals surface area contributed by atoms with Gasteiger partial charge in [-0.3, -0.25) is 0 Å². The van der Waals surface area contributed by atoms with Crippen molar-refractivity contribution in [3.05, 3.63) is 95.0 Å². The summed E-state index contributed by atoms with van der Waals surface area (Å²) in [6.45, 7) is 0. The van der Waals surface area contributed by atoms with Crippen LogP contribution >= 0.6 is 11.6 Å². The van der Waals surface area contributed by atoms with E-state index in [1.54, 1.807) is 0 Å². The number of rotatable bonds is 2. The van der Waals surface area contributed by atoms with Gasteiger partial charge in [0.15, 0.2) is 0 Å². The first-order valence-electron chi connectivity index (χ1n) is 8.65. The number of aliphatic imine (C=N–C) groups is 1. The van der Waals surface area contributed by atoms with Gasteiger partial charge in [0, 0.05) is 11.4 Å². The molecule has 3 aromatic carbocycles. The standard InChI is InChI=1S/C22H16ClN3/c23-17-12-10-16(11-13-17)21-14-19(15-6-2-1-3-7-15)25-22-24-18-8-4-5-9-20(18)26(21)22/h1-13,21H,14H2/t21-/m0/s1. The Labute approximate surface area is 156 Å². The highest BCUT2D eigenvalue weighted by Crippen LogP contribution is 2.37. The number of hydrogen-bond acceptors (Lipinski definition) is 2. The minimum absolute atomic E-state index is 0.141. The van der Waals surface area contributed by atoms with Crippen molar-refractivity contribution in [1.29, 1.82) is 0 Å². The van der Waals surface area contributed by atoms with Gasteiger partial charge in [-0.25, -0.2) is 9.98 Å². The Morgan fingerprint density at radius 1 is 0.846 bits per heavy atom. The number of halogens is 1. The molecule has 0 amide bonds. The van der Waals surface area contributed by atoms with Crippen molar-refractivity contribution in [1.82, 2.24) is 9.55 Å². The highest BCUT2D eigenvalue weighted by atomic mass is 35.5. The second kappa shape index (κ2) is 6.11. The minimum Gasteiger partial charge on any atom is -0.300 e. The summed E-state index contributed by atoms with van der Waals surface area (Å²) in [5, 5.41) is 0.747. The van der Waals surface area contributed by atoms with E-state index in [4.69, 9.17) is 21.6 Å². The third-order valence-corrected chi connectivity index (χ3v) is 5.12. The number of fused-ring (bicyclic) bond motifs is 3. The molecule has 2 heterocycles. The summed E-state index contributed by atoms with van der Waals surface area (Å²) in [5.41, 5.74) is 5.50. The van der Waals surface area contributed by atoms with E-state index in [1.807, 2.05) is 48.5 Å². The van der Waals surface area contributed by atoms with Gasteiger partial charge in [-0.05, 0) is 35.4 Å². The summed E-state index contributed by atoms with van der Waals surface area (Å²) in [6, 6.07) is 26.8. The fourth-order valence-electron chi connectivity index (χ4n) is 3.62. The van der Waals surface area contributed by atoms with Gasteiger partial charge in [0.05, 0.1) is 22.8 Å². The molecule has 26 heavy (non-hydrogen) atoms. The second-order valence-electron chi connectivity index (χ2n) is 6.47. The molecule has 126 valence electrons. The van der Waals surface area contributed by atoms with E-state index in [0.717, 1.165) is 39.7 Å². The Hall–Kier alpha value is -2.91. The summed E-state index contributed by atoms with van der Waals surface area (Å²) in [7, 11) is 0. The molecule has 1 aliphatic heterocycles. The van der Waals surface area contributed by atoms with Crippen LogP contribution in [0.2, 0.25) is 5.02 Å². The van der Waals surface area contributed by atoms with E-state index in [9.17, 15) is 0 Å². The summed E-state index contributed by atoms with van der Waals surface area (Å²) in [4.78, 5) is 9.66. The molecular weight excluding hydrogens is 342 g/mol. The van der Waals surface area contributed by atoms with Crippen LogP contribution < -0.4 is 0 Å². The van der Waals surface area contributed by atoms with Crippen LogP contribution in [0.15, 0.2) is 83.9 Å². The third-order valence-electron chi connectivity index (χ3n) is 4.87. The average Bonchev–Trinajstić information content (AvgIpc) is 3.07. The molecule has 1 aromatic heterocycles. The summed E-state index contributed by atoms with van der Waals surface area (Å²) >= 11 is 6.11. The highest BCUT2D eigenvalue weighted by Gasteiger charge is 2.27. The van der Waals surface area contributed by atoms with E-state index < -0.39 is 0 Å². The van der Waals surface area contributed by atoms with E-state index in [-0.39, 0.29) is 6.04 Å². The zero-order chi connectivity index (χ0) is 17.5. The summed E-state index contributed by atoms with van der Waals surface area (Å²) < 4.78 is 2.24. The van der Waals surface area contributed by atoms with Gasteiger partial charge < -0.3 is 4.57 Å². The SMILES string of the molecule is Clc1ccc([C@@H]2CC(c3ccccc3)=Nc3nc4ccccc4n32)cc1. The van der Waals surface area contributed by atoms with E-state index in [2.05, 4.69) is 34.9 Å². The zero-order valence-corrected chi connectivity index (χ0v) is 14.8. The molecule has 0 radical (unpaired) electrons. The van der Waals surface area contributed by atoms with Crippen molar-refractivity contribution in [2.45, 2.75) is 12.5 Å². The van der Waals surface area contributed by atoms with Gasteiger partial charge in [0.25, 0.3) is 0 Å². The smallest absolute Gasteiger partial charge is 0.231 e. The molecule has 0 fully saturated rings. The zero-order valence-electron chi connectivity index (χ0n) is 14.0. The van der Waals surface area contributed by atoms with Crippen LogP contribution in [0.4, 0.5) is 5.95 Å². The first-order chi connectivity index (χ1) is 12.8. The lowest BCUT2D eigenvalue weighted by Gasteiger charge is -2.26. The average molecular weight is 358 g/mol. The van der Waals surface area contributed by atoms with Crippen LogP contribution in [-0.2, 0) is 0 Å². The number of benzene rings is 3. The predicted molar refractivity (Wildman–Crippen MR) is 107 cm³/mol. The summed E-state index contributed by atoms with van der Waals surface area (Å²) in [6.07, 6.45) is 0.818. The Morgan fingerprint density at radius 3 is 2.38 bits per heavy atom. The van der Waals surface area contributed by atoms with Crippen LogP contribution in [0.1, 0.15) is 23.6 Å². The lowest BCUT2D eigenvalue weighted by Crippen LogP contribution is -2.20. The number of imidazole rings is 1. The Morgan fingerprint density at radius 2 is 1.58 bits per heavy atom. The molecule has 0 unspecified atom stereocenters. The van der Waals surface area contributed by atoms with Gasteiger partial charge in [-0.15, -0.1) is 0 Å². The molecule has 0 saturated heterocycles. The topological polar surface area (TPSA) is 30.2 Å². The molecule has 4 aromatic rings. The Balaban J connectivity index is 1.73. The van der Waals surface area contributed by atoms with Crippen molar-refractivity contribution in [3.8, 4) is 0 Å². The number of nitrogens with zero attached hydrogens (tertiary/aromatic N) is 3. The Bertz CT molecular complexity index is 1110. The van der Waals surface area contributed by atoms with Gasteiger partial charge in [-0.1, -0.05) is 66.2 Å². The monoisotopic (exact) mass is 357 g/mol. The van der Waals surface area contributed by atoms with Crippen molar-refractivity contribution in [2.24, 2.45) is 4.99 Å². The van der Waals surface area contributed by atoms with Gasteiger partial charge in [0.1, 0.15) is 0 Å². The van der Waals surface area contributed by atoms with Crippen molar-refractivity contribution in [3.63, 3.8) is 0 Å². The Kier molecular flexibility index (Phi) is 3.61. The molecule has 0 bridgehead atoms. The molecule has 0 aliphatic carbocycles. The molecule has 3 nitrogen and oxygen atoms in total. The van der Waals surface area contributed by atoms with Gasteiger partial charge in [-0.2, -0.15) is 0 Å². The molecule has 0 N–H and O–H groups in total. The van der Waals surface area contributed by atoms with Crippen molar-refractivity contribution < 1.29 is 0 Å². The van der Waals surface area contributed by atoms with E-state index in [0.29, 0.717) is 0 Å². The predicted octanol–water partition coefficient (Wildman–Crippen LogP) is 5.80. The number of hydrogen-bond donors (Lipinski definition) is 0. The van der Waals surface area contributed by atoms with Crippen molar-refractivity contribution in [2.75, 3.05) is 0 Å². The van der Waals surface area contributed by atoms with E-state index in [1.165, 1.54) is 5.56 Å². The van der Waals surface area contributed by atoms with Crippen LogP contribution in [0.25, 0.3) is 11.0 Å². The normalized spacial score (nSPS) is 16.3. The first-order valence-corrected chi connectivity index (χ1v) is 9.03. The van der Waals surface area contributed by atoms with Crippen LogP contribution in [0, 0.1) is 0 Å². The maximum atomic E-state index is 6.11. The molecule has 1 atom stereocenters. The van der Waals surface area contributed by atoms with Gasteiger partial charge >= 0.3 is 0 Å². The molecule has 1 aliphatic rings.